The largest absolute Gasteiger partial charge is 0.378 e. The van der Waals surface area contributed by atoms with Gasteiger partial charge in [-0.1, -0.05) is 11.3 Å². The summed E-state index contributed by atoms with van der Waals surface area (Å²) >= 11 is 1.58. The Morgan fingerprint density at radius 3 is 2.91 bits per heavy atom. The minimum Gasteiger partial charge on any atom is -0.378 e. The highest BCUT2D eigenvalue weighted by Crippen LogP contribution is 2.16. The van der Waals surface area contributed by atoms with Gasteiger partial charge in [-0.25, -0.2) is 0 Å². The molecule has 60 valence electrons. The van der Waals surface area contributed by atoms with Crippen LogP contribution >= 0.6 is 11.3 Å². The van der Waals surface area contributed by atoms with E-state index in [4.69, 9.17) is 4.74 Å². The molecule has 0 bridgehead atoms. The third-order valence-corrected chi connectivity index (χ3v) is 2.38. The van der Waals surface area contributed by atoms with Crippen LogP contribution in [0.4, 0.5) is 5.13 Å². The third kappa shape index (κ3) is 1.49. The Hall–Kier alpha value is -0.680. The Morgan fingerprint density at radius 1 is 1.45 bits per heavy atom. The number of hydrogen-bond acceptors (Lipinski definition) is 5. The van der Waals surface area contributed by atoms with Gasteiger partial charge in [0, 0.05) is 13.1 Å². The average Bonchev–Trinajstić information content (AvgIpc) is 2.58. The first kappa shape index (κ1) is 7.00. The fourth-order valence-corrected chi connectivity index (χ4v) is 1.67. The highest BCUT2D eigenvalue weighted by atomic mass is 32.1. The van der Waals surface area contributed by atoms with Crippen molar-refractivity contribution in [2.24, 2.45) is 0 Å². The van der Waals surface area contributed by atoms with Crippen LogP contribution < -0.4 is 4.90 Å². The molecule has 0 aromatic carbocycles. The molecular formula is C6H9N3OS. The molecular weight excluding hydrogens is 162 g/mol. The summed E-state index contributed by atoms with van der Waals surface area (Å²) in [5, 5.41) is 8.77. The van der Waals surface area contributed by atoms with Crippen LogP contribution in [0, 0.1) is 0 Å². The molecule has 0 aliphatic carbocycles. The molecule has 1 fully saturated rings. The Balaban J connectivity index is 2.04. The molecule has 0 N–H and O–H groups in total. The summed E-state index contributed by atoms with van der Waals surface area (Å²) in [7, 11) is 0. The predicted octanol–water partition coefficient (Wildman–Crippen LogP) is 0.375. The number of nitrogens with zero attached hydrogens (tertiary/aromatic N) is 3. The van der Waals surface area contributed by atoms with Gasteiger partial charge in [0.1, 0.15) is 5.51 Å². The van der Waals surface area contributed by atoms with E-state index in [-0.39, 0.29) is 0 Å². The van der Waals surface area contributed by atoms with E-state index in [2.05, 4.69) is 15.1 Å². The van der Waals surface area contributed by atoms with Crippen molar-refractivity contribution in [1.29, 1.82) is 0 Å². The summed E-state index contributed by atoms with van der Waals surface area (Å²) < 4.78 is 5.21. The predicted molar refractivity (Wildman–Crippen MR) is 42.9 cm³/mol. The molecule has 0 radical (unpaired) electrons. The van der Waals surface area contributed by atoms with Gasteiger partial charge in [0.05, 0.1) is 13.2 Å². The quantitative estimate of drug-likeness (QED) is 0.612. The van der Waals surface area contributed by atoms with E-state index in [1.54, 1.807) is 16.8 Å². The van der Waals surface area contributed by atoms with Gasteiger partial charge >= 0.3 is 0 Å². The van der Waals surface area contributed by atoms with Gasteiger partial charge in [0.25, 0.3) is 0 Å². The van der Waals surface area contributed by atoms with Gasteiger partial charge in [0.2, 0.25) is 5.13 Å². The van der Waals surface area contributed by atoms with E-state index in [1.807, 2.05) is 0 Å². The van der Waals surface area contributed by atoms with Crippen molar-refractivity contribution in [3.05, 3.63) is 5.51 Å². The molecule has 2 heterocycles. The summed E-state index contributed by atoms with van der Waals surface area (Å²) in [4.78, 5) is 2.20. The highest BCUT2D eigenvalue weighted by molar-refractivity contribution is 7.13. The maximum Gasteiger partial charge on any atom is 0.208 e. The summed E-state index contributed by atoms with van der Waals surface area (Å²) in [6.45, 7) is 3.49. The number of hydrogen-bond donors (Lipinski definition) is 0. The molecule has 0 spiro atoms. The number of aromatic nitrogens is 2. The summed E-state index contributed by atoms with van der Waals surface area (Å²) in [6.07, 6.45) is 0. The van der Waals surface area contributed by atoms with E-state index >= 15 is 0 Å². The monoisotopic (exact) mass is 171 g/mol. The zero-order chi connectivity index (χ0) is 7.52. The minimum atomic E-state index is 0.805. The summed E-state index contributed by atoms with van der Waals surface area (Å²) in [5.41, 5.74) is 1.75. The maximum atomic E-state index is 5.21. The number of morpholine rings is 1. The van der Waals surface area contributed by atoms with Crippen LogP contribution in [0.3, 0.4) is 0 Å². The van der Waals surface area contributed by atoms with Gasteiger partial charge < -0.3 is 9.64 Å². The second-order valence-electron chi connectivity index (χ2n) is 2.32. The first-order chi connectivity index (χ1) is 5.47. The topological polar surface area (TPSA) is 38.2 Å². The molecule has 5 heteroatoms. The van der Waals surface area contributed by atoms with Crippen LogP contribution in [0.2, 0.25) is 0 Å². The van der Waals surface area contributed by atoms with Crippen molar-refractivity contribution in [3.8, 4) is 0 Å². The summed E-state index contributed by atoms with van der Waals surface area (Å²) in [5.74, 6) is 0. The molecule has 2 rings (SSSR count). The van der Waals surface area contributed by atoms with Crippen molar-refractivity contribution in [3.63, 3.8) is 0 Å². The van der Waals surface area contributed by atoms with E-state index in [1.165, 1.54) is 0 Å². The number of anilines is 1. The van der Waals surface area contributed by atoms with Crippen LogP contribution in [0.25, 0.3) is 0 Å². The lowest BCUT2D eigenvalue weighted by Gasteiger charge is -2.25. The molecule has 11 heavy (non-hydrogen) atoms. The highest BCUT2D eigenvalue weighted by Gasteiger charge is 2.12. The SMILES string of the molecule is c1nnc(N2CCOCC2)s1. The summed E-state index contributed by atoms with van der Waals surface area (Å²) in [6, 6.07) is 0. The molecule has 1 saturated heterocycles. The molecule has 0 unspecified atom stereocenters. The second kappa shape index (κ2) is 3.15. The lowest BCUT2D eigenvalue weighted by atomic mass is 10.5. The van der Waals surface area contributed by atoms with Gasteiger partial charge in [-0.2, -0.15) is 0 Å². The second-order valence-corrected chi connectivity index (χ2v) is 3.13. The van der Waals surface area contributed by atoms with Crippen molar-refractivity contribution in [2.75, 3.05) is 31.2 Å². The van der Waals surface area contributed by atoms with E-state index in [0.717, 1.165) is 31.4 Å². The van der Waals surface area contributed by atoms with E-state index in [0.29, 0.717) is 0 Å². The first-order valence-corrected chi connectivity index (χ1v) is 4.43. The smallest absolute Gasteiger partial charge is 0.208 e. The molecule has 0 saturated carbocycles. The zero-order valence-corrected chi connectivity index (χ0v) is 6.88. The minimum absolute atomic E-state index is 0.805. The molecule has 1 aliphatic rings. The molecule has 4 nitrogen and oxygen atoms in total. The standard InChI is InChI=1S/C6H9N3OS/c1-3-10-4-2-9(1)6-8-7-5-11-6/h5H,1-4H2. The lowest BCUT2D eigenvalue weighted by Crippen LogP contribution is -2.36. The number of rotatable bonds is 1. The Kier molecular flexibility index (Phi) is 2.00. The normalized spacial score (nSPS) is 18.7. The van der Waals surface area contributed by atoms with Crippen molar-refractivity contribution < 1.29 is 4.74 Å². The average molecular weight is 171 g/mol. The van der Waals surface area contributed by atoms with Crippen LogP contribution in [0.15, 0.2) is 5.51 Å². The van der Waals surface area contributed by atoms with Crippen LogP contribution in [-0.4, -0.2) is 36.5 Å². The van der Waals surface area contributed by atoms with Crippen LogP contribution in [-0.2, 0) is 4.74 Å². The maximum absolute atomic E-state index is 5.21. The van der Waals surface area contributed by atoms with Crippen LogP contribution in [0.1, 0.15) is 0 Å². The Bertz CT molecular complexity index is 208. The zero-order valence-electron chi connectivity index (χ0n) is 6.06. The van der Waals surface area contributed by atoms with E-state index in [9.17, 15) is 0 Å². The van der Waals surface area contributed by atoms with Crippen molar-refractivity contribution >= 4 is 16.5 Å². The van der Waals surface area contributed by atoms with Crippen molar-refractivity contribution in [2.45, 2.75) is 0 Å². The third-order valence-electron chi connectivity index (χ3n) is 1.63. The van der Waals surface area contributed by atoms with E-state index < -0.39 is 0 Å². The van der Waals surface area contributed by atoms with Gasteiger partial charge in [-0.15, -0.1) is 10.2 Å². The van der Waals surface area contributed by atoms with Gasteiger partial charge in [-0.05, 0) is 0 Å². The number of ether oxygens (including phenoxy) is 1. The van der Waals surface area contributed by atoms with Gasteiger partial charge in [-0.3, -0.25) is 0 Å². The fraction of sp³-hybridized carbons (Fsp3) is 0.667. The van der Waals surface area contributed by atoms with Gasteiger partial charge in [0.15, 0.2) is 0 Å². The fourth-order valence-electron chi connectivity index (χ4n) is 1.06. The Morgan fingerprint density at radius 2 is 2.27 bits per heavy atom. The lowest BCUT2D eigenvalue weighted by molar-refractivity contribution is 0.122. The molecule has 0 atom stereocenters. The van der Waals surface area contributed by atoms with Crippen molar-refractivity contribution in [1.82, 2.24) is 10.2 Å². The molecule has 1 aromatic heterocycles. The first-order valence-electron chi connectivity index (χ1n) is 3.56. The molecule has 1 aliphatic heterocycles. The Labute approximate surface area is 68.8 Å². The molecule has 1 aromatic rings. The molecule has 0 amide bonds. The van der Waals surface area contributed by atoms with Crippen LogP contribution in [0.5, 0.6) is 0 Å².